The van der Waals surface area contributed by atoms with Gasteiger partial charge in [-0.1, -0.05) is 29.3 Å². The lowest BCUT2D eigenvalue weighted by Gasteiger charge is -2.13. The molecule has 0 unspecified atom stereocenters. The van der Waals surface area contributed by atoms with Crippen LogP contribution in [0.3, 0.4) is 0 Å². The first-order chi connectivity index (χ1) is 8.84. The van der Waals surface area contributed by atoms with E-state index in [2.05, 4.69) is 5.32 Å². The number of hydrogen-bond acceptors (Lipinski definition) is 4. The Morgan fingerprint density at radius 3 is 2.37 bits per heavy atom. The van der Waals surface area contributed by atoms with E-state index in [4.69, 9.17) is 28.3 Å². The van der Waals surface area contributed by atoms with E-state index < -0.39 is 27.1 Å². The summed E-state index contributed by atoms with van der Waals surface area (Å²) in [7, 11) is -3.76. The largest absolute Gasteiger partial charge is 0.480 e. The Bertz CT molecular complexity index is 597. The Morgan fingerprint density at radius 1 is 1.32 bits per heavy atom. The lowest BCUT2D eigenvalue weighted by molar-refractivity contribution is -0.139. The summed E-state index contributed by atoms with van der Waals surface area (Å²) >= 11 is 11.8. The Kier molecular flexibility index (Phi) is 4.06. The van der Waals surface area contributed by atoms with Crippen LogP contribution >= 0.6 is 23.2 Å². The summed E-state index contributed by atoms with van der Waals surface area (Å²) in [6.45, 7) is 0.0703. The maximum absolute atomic E-state index is 12.4. The quantitative estimate of drug-likeness (QED) is 0.882. The molecule has 2 rings (SSSR count). The molecule has 8 heteroatoms. The van der Waals surface area contributed by atoms with Gasteiger partial charge in [-0.2, -0.15) is 0 Å². The van der Waals surface area contributed by atoms with E-state index in [9.17, 15) is 13.2 Å². The topological polar surface area (TPSA) is 83.5 Å². The number of benzene rings is 1. The van der Waals surface area contributed by atoms with Crippen molar-refractivity contribution >= 4 is 39.0 Å². The minimum atomic E-state index is -3.76. The van der Waals surface area contributed by atoms with Gasteiger partial charge in [0.25, 0.3) is 0 Å². The lowest BCUT2D eigenvalue weighted by atomic mass is 10.2. The number of carboxylic acids is 1. The molecule has 0 amide bonds. The highest BCUT2D eigenvalue weighted by molar-refractivity contribution is 7.92. The molecule has 2 N–H and O–H groups in total. The maximum atomic E-state index is 12.4. The van der Waals surface area contributed by atoms with Crippen LogP contribution in [-0.4, -0.2) is 37.3 Å². The summed E-state index contributed by atoms with van der Waals surface area (Å²) in [4.78, 5) is 10.7. The number of nitrogens with one attached hydrogen (secondary N) is 1. The number of aliphatic carboxylic acids is 1. The Balaban J connectivity index is 2.37. The summed E-state index contributed by atoms with van der Waals surface area (Å²) in [5.74, 6) is -1.07. The summed E-state index contributed by atoms with van der Waals surface area (Å²) in [6.07, 6.45) is -0.000775. The van der Waals surface area contributed by atoms with E-state index in [0.717, 1.165) is 0 Å². The standard InChI is InChI=1S/C11H11Cl2NO4S/c12-7-2-1-3-8(13)10(7)19(17,18)6-4-9(11(15)16)14-5-6/h1-3,6,9,14H,4-5H2,(H,15,16)/t6-,9+/m1/s1. The number of carboxylic acid groups (broad SMARTS) is 1. The van der Waals surface area contributed by atoms with E-state index in [0.29, 0.717) is 0 Å². The van der Waals surface area contributed by atoms with E-state index in [-0.39, 0.29) is 27.9 Å². The minimum absolute atomic E-state index is 0.000775. The third kappa shape index (κ3) is 2.72. The Morgan fingerprint density at radius 2 is 1.89 bits per heavy atom. The molecule has 1 aliphatic heterocycles. The zero-order valence-electron chi connectivity index (χ0n) is 9.64. The van der Waals surface area contributed by atoms with Crippen molar-refractivity contribution in [3.8, 4) is 0 Å². The fraction of sp³-hybridized carbons (Fsp3) is 0.364. The summed E-state index contributed by atoms with van der Waals surface area (Å²) in [6, 6.07) is 3.58. The van der Waals surface area contributed by atoms with Crippen LogP contribution in [0.1, 0.15) is 6.42 Å². The minimum Gasteiger partial charge on any atom is -0.480 e. The molecule has 0 spiro atoms. The first kappa shape index (κ1) is 14.6. The van der Waals surface area contributed by atoms with Crippen molar-refractivity contribution < 1.29 is 18.3 Å². The maximum Gasteiger partial charge on any atom is 0.320 e. The lowest BCUT2D eigenvalue weighted by Crippen LogP contribution is -2.30. The number of halogens is 2. The van der Waals surface area contributed by atoms with Gasteiger partial charge in [0.2, 0.25) is 0 Å². The molecule has 104 valence electrons. The third-order valence-electron chi connectivity index (χ3n) is 3.03. The van der Waals surface area contributed by atoms with Gasteiger partial charge in [-0.25, -0.2) is 8.42 Å². The van der Waals surface area contributed by atoms with Gasteiger partial charge >= 0.3 is 5.97 Å². The monoisotopic (exact) mass is 323 g/mol. The average molecular weight is 324 g/mol. The van der Waals surface area contributed by atoms with E-state index >= 15 is 0 Å². The molecule has 1 heterocycles. The van der Waals surface area contributed by atoms with E-state index in [1.54, 1.807) is 6.07 Å². The molecule has 0 radical (unpaired) electrons. The molecular formula is C11H11Cl2NO4S. The average Bonchev–Trinajstić information content (AvgIpc) is 2.78. The highest BCUT2D eigenvalue weighted by atomic mass is 35.5. The second kappa shape index (κ2) is 5.28. The second-order valence-corrected chi connectivity index (χ2v) is 7.23. The van der Waals surface area contributed by atoms with Gasteiger partial charge in [-0.3, -0.25) is 4.79 Å². The normalized spacial score (nSPS) is 23.5. The predicted molar refractivity (Wildman–Crippen MR) is 71.5 cm³/mol. The molecule has 1 aromatic rings. The summed E-state index contributed by atoms with van der Waals surface area (Å²) in [5.41, 5.74) is 0. The summed E-state index contributed by atoms with van der Waals surface area (Å²) in [5, 5.41) is 10.8. The molecule has 1 aromatic carbocycles. The van der Waals surface area contributed by atoms with Gasteiger partial charge in [0.1, 0.15) is 10.9 Å². The van der Waals surface area contributed by atoms with Gasteiger partial charge in [0.15, 0.2) is 9.84 Å². The van der Waals surface area contributed by atoms with Crippen molar-refractivity contribution in [3.05, 3.63) is 28.2 Å². The zero-order valence-corrected chi connectivity index (χ0v) is 12.0. The van der Waals surface area contributed by atoms with Crippen molar-refractivity contribution in [1.82, 2.24) is 5.32 Å². The Labute approximate surface area is 120 Å². The van der Waals surface area contributed by atoms with Gasteiger partial charge < -0.3 is 10.4 Å². The van der Waals surface area contributed by atoms with Crippen LogP contribution in [0.4, 0.5) is 0 Å². The molecule has 2 atom stereocenters. The zero-order chi connectivity index (χ0) is 14.2. The molecular weight excluding hydrogens is 313 g/mol. The van der Waals surface area contributed by atoms with Crippen LogP contribution in [0.15, 0.2) is 23.1 Å². The number of hydrogen-bond donors (Lipinski definition) is 2. The van der Waals surface area contributed by atoms with Crippen molar-refractivity contribution in [2.45, 2.75) is 22.6 Å². The molecule has 1 fully saturated rings. The molecule has 0 aromatic heterocycles. The molecule has 5 nitrogen and oxygen atoms in total. The number of sulfone groups is 1. The number of carbonyl (C=O) groups is 1. The van der Waals surface area contributed by atoms with E-state index in [1.165, 1.54) is 12.1 Å². The van der Waals surface area contributed by atoms with Crippen molar-refractivity contribution in [1.29, 1.82) is 0 Å². The first-order valence-corrected chi connectivity index (χ1v) is 7.78. The molecule has 19 heavy (non-hydrogen) atoms. The fourth-order valence-corrected chi connectivity index (χ4v) is 4.87. The smallest absolute Gasteiger partial charge is 0.320 e. The predicted octanol–water partition coefficient (Wildman–Crippen LogP) is 1.58. The van der Waals surface area contributed by atoms with Crippen molar-refractivity contribution in [2.24, 2.45) is 0 Å². The van der Waals surface area contributed by atoms with Gasteiger partial charge in [-0.15, -0.1) is 0 Å². The second-order valence-electron chi connectivity index (χ2n) is 4.25. The summed E-state index contributed by atoms with van der Waals surface area (Å²) < 4.78 is 24.9. The van der Waals surface area contributed by atoms with Crippen LogP contribution in [0.5, 0.6) is 0 Å². The molecule has 1 aliphatic rings. The molecule has 0 bridgehead atoms. The highest BCUT2D eigenvalue weighted by Gasteiger charge is 2.39. The highest BCUT2D eigenvalue weighted by Crippen LogP contribution is 2.33. The van der Waals surface area contributed by atoms with E-state index in [1.807, 2.05) is 0 Å². The van der Waals surface area contributed by atoms with Crippen molar-refractivity contribution in [2.75, 3.05) is 6.54 Å². The Hall–Kier alpha value is -0.820. The van der Waals surface area contributed by atoms with Crippen LogP contribution in [-0.2, 0) is 14.6 Å². The molecule has 0 saturated carbocycles. The fourth-order valence-electron chi connectivity index (χ4n) is 2.05. The van der Waals surface area contributed by atoms with Gasteiger partial charge in [0, 0.05) is 6.54 Å². The molecule has 0 aliphatic carbocycles. The third-order valence-corrected chi connectivity index (χ3v) is 6.13. The SMILES string of the molecule is O=C(O)[C@@H]1C[C@@H](S(=O)(=O)c2c(Cl)cccc2Cl)CN1. The van der Waals surface area contributed by atoms with Gasteiger partial charge in [0.05, 0.1) is 15.3 Å². The van der Waals surface area contributed by atoms with Crippen LogP contribution in [0.2, 0.25) is 10.0 Å². The first-order valence-electron chi connectivity index (χ1n) is 5.48. The van der Waals surface area contributed by atoms with Crippen LogP contribution in [0, 0.1) is 0 Å². The van der Waals surface area contributed by atoms with Crippen molar-refractivity contribution in [3.63, 3.8) is 0 Å². The van der Waals surface area contributed by atoms with Crippen LogP contribution in [0.25, 0.3) is 0 Å². The number of rotatable bonds is 3. The molecule has 1 saturated heterocycles. The van der Waals surface area contributed by atoms with Gasteiger partial charge in [-0.05, 0) is 18.6 Å². The van der Waals surface area contributed by atoms with Crippen LogP contribution < -0.4 is 5.32 Å².